The van der Waals surface area contributed by atoms with Crippen molar-refractivity contribution >= 4 is 22.8 Å². The van der Waals surface area contributed by atoms with E-state index in [0.29, 0.717) is 17.4 Å². The molecule has 1 aliphatic heterocycles. The van der Waals surface area contributed by atoms with Gasteiger partial charge in [-0.1, -0.05) is 25.1 Å². The first kappa shape index (κ1) is 17.0. The van der Waals surface area contributed by atoms with Crippen molar-refractivity contribution < 1.29 is 14.3 Å². The Bertz CT molecular complexity index is 844. The van der Waals surface area contributed by atoms with E-state index in [1.807, 2.05) is 35.2 Å². The van der Waals surface area contributed by atoms with Crippen LogP contribution < -0.4 is 0 Å². The van der Waals surface area contributed by atoms with Crippen LogP contribution in [-0.4, -0.2) is 41.5 Å². The molecule has 1 aromatic heterocycles. The Morgan fingerprint density at radius 2 is 2.04 bits per heavy atom. The Morgan fingerprint density at radius 1 is 1.23 bits per heavy atom. The number of likely N-dealkylation sites (tertiary alicyclic amines) is 1. The number of hydrogen-bond acceptors (Lipinski definition) is 4. The molecule has 2 fully saturated rings. The molecule has 1 atom stereocenters. The number of nitrogens with zero attached hydrogens (tertiary/aromatic N) is 2. The largest absolute Gasteiger partial charge is 0.452 e. The van der Waals surface area contributed by atoms with Crippen molar-refractivity contribution in [2.24, 2.45) is 5.92 Å². The van der Waals surface area contributed by atoms with Crippen LogP contribution in [0.2, 0.25) is 0 Å². The van der Waals surface area contributed by atoms with Crippen LogP contribution in [0.15, 0.2) is 30.3 Å². The summed E-state index contributed by atoms with van der Waals surface area (Å²) in [5, 5.41) is 0.779. The van der Waals surface area contributed by atoms with Crippen LogP contribution in [0.1, 0.15) is 54.6 Å². The van der Waals surface area contributed by atoms with Crippen LogP contribution in [0.25, 0.3) is 10.9 Å². The fourth-order valence-corrected chi connectivity index (χ4v) is 3.67. The van der Waals surface area contributed by atoms with E-state index in [1.54, 1.807) is 0 Å². The molecule has 1 unspecified atom stereocenters. The number of benzene rings is 1. The monoisotopic (exact) mass is 352 g/mol. The van der Waals surface area contributed by atoms with Gasteiger partial charge in [0.2, 0.25) is 0 Å². The van der Waals surface area contributed by atoms with Gasteiger partial charge in [0.25, 0.3) is 5.91 Å². The Balaban J connectivity index is 1.50. The molecule has 26 heavy (non-hydrogen) atoms. The Kier molecular flexibility index (Phi) is 4.62. The second-order valence-electron chi connectivity index (χ2n) is 7.55. The zero-order valence-corrected chi connectivity index (χ0v) is 15.1. The number of para-hydroxylation sites is 1. The van der Waals surface area contributed by atoms with Gasteiger partial charge in [0, 0.05) is 30.1 Å². The van der Waals surface area contributed by atoms with E-state index >= 15 is 0 Å². The molecule has 4 rings (SSSR count). The molecule has 0 spiro atoms. The molecular weight excluding hydrogens is 328 g/mol. The number of pyridine rings is 1. The third kappa shape index (κ3) is 3.57. The van der Waals surface area contributed by atoms with Gasteiger partial charge in [0.05, 0.1) is 11.1 Å². The molecule has 5 heteroatoms. The summed E-state index contributed by atoms with van der Waals surface area (Å²) in [6.07, 6.45) is 4.40. The number of aromatic nitrogens is 1. The van der Waals surface area contributed by atoms with Gasteiger partial charge in [-0.05, 0) is 43.7 Å². The summed E-state index contributed by atoms with van der Waals surface area (Å²) < 4.78 is 5.38. The van der Waals surface area contributed by atoms with E-state index in [2.05, 4.69) is 11.9 Å². The molecule has 2 aromatic rings. The van der Waals surface area contributed by atoms with E-state index in [4.69, 9.17) is 4.74 Å². The van der Waals surface area contributed by atoms with Gasteiger partial charge in [-0.3, -0.25) is 9.78 Å². The summed E-state index contributed by atoms with van der Waals surface area (Å²) in [6, 6.07) is 9.44. The zero-order chi connectivity index (χ0) is 18.1. The number of hydrogen-bond donors (Lipinski definition) is 0. The third-order valence-corrected chi connectivity index (χ3v) is 5.29. The minimum Gasteiger partial charge on any atom is -0.452 e. The average Bonchev–Trinajstić information content (AvgIpc) is 3.50. The lowest BCUT2D eigenvalue weighted by atomic mass is 10.0. The predicted octanol–water partition coefficient (Wildman–Crippen LogP) is 3.53. The van der Waals surface area contributed by atoms with Crippen LogP contribution in [-0.2, 0) is 9.53 Å². The highest BCUT2D eigenvalue weighted by atomic mass is 16.5. The van der Waals surface area contributed by atoms with Crippen molar-refractivity contribution in [2.45, 2.75) is 38.5 Å². The summed E-state index contributed by atoms with van der Waals surface area (Å²) in [5.74, 6) is 0.408. The van der Waals surface area contributed by atoms with E-state index in [0.717, 1.165) is 55.4 Å². The first-order valence-corrected chi connectivity index (χ1v) is 9.46. The molecule has 2 aliphatic rings. The van der Waals surface area contributed by atoms with Gasteiger partial charge in [-0.25, -0.2) is 4.79 Å². The van der Waals surface area contributed by atoms with E-state index in [1.165, 1.54) is 0 Å². The zero-order valence-electron chi connectivity index (χ0n) is 15.1. The molecule has 5 nitrogen and oxygen atoms in total. The molecule has 1 saturated carbocycles. The first-order valence-electron chi connectivity index (χ1n) is 9.46. The number of amides is 1. The Labute approximate surface area is 153 Å². The molecule has 0 radical (unpaired) electrons. The Morgan fingerprint density at radius 3 is 2.81 bits per heavy atom. The van der Waals surface area contributed by atoms with Crippen molar-refractivity contribution in [1.82, 2.24) is 9.88 Å². The fourth-order valence-electron chi connectivity index (χ4n) is 3.67. The van der Waals surface area contributed by atoms with Crippen molar-refractivity contribution in [3.63, 3.8) is 0 Å². The van der Waals surface area contributed by atoms with Crippen molar-refractivity contribution in [2.75, 3.05) is 19.7 Å². The molecule has 2 heterocycles. The number of esters is 1. The van der Waals surface area contributed by atoms with Crippen LogP contribution in [0, 0.1) is 5.92 Å². The van der Waals surface area contributed by atoms with E-state index in [9.17, 15) is 9.59 Å². The molecule has 1 aliphatic carbocycles. The standard InChI is InChI=1S/C21H24N2O3/c1-14-5-4-10-23(12-14)20(24)13-26-21(25)17-11-19(15-8-9-15)22-18-7-3-2-6-16(17)18/h2-3,6-7,11,14-15H,4-5,8-10,12-13H2,1H3. The quantitative estimate of drug-likeness (QED) is 0.790. The molecule has 0 N–H and O–H groups in total. The van der Waals surface area contributed by atoms with Crippen molar-refractivity contribution in [3.05, 3.63) is 41.6 Å². The maximum atomic E-state index is 12.7. The van der Waals surface area contributed by atoms with Gasteiger partial charge >= 0.3 is 5.97 Å². The second kappa shape index (κ2) is 7.06. The van der Waals surface area contributed by atoms with Gasteiger partial charge in [-0.15, -0.1) is 0 Å². The molecule has 0 bridgehead atoms. The normalized spacial score (nSPS) is 20.2. The van der Waals surface area contributed by atoms with Crippen molar-refractivity contribution in [3.8, 4) is 0 Å². The summed E-state index contributed by atoms with van der Waals surface area (Å²) in [5.41, 5.74) is 2.27. The van der Waals surface area contributed by atoms with Gasteiger partial charge in [0.1, 0.15) is 0 Å². The predicted molar refractivity (Wildman–Crippen MR) is 99.0 cm³/mol. The minimum atomic E-state index is -0.441. The van der Waals surface area contributed by atoms with E-state index in [-0.39, 0.29) is 12.5 Å². The highest BCUT2D eigenvalue weighted by Crippen LogP contribution is 2.40. The summed E-state index contributed by atoms with van der Waals surface area (Å²) in [7, 11) is 0. The molecule has 1 amide bonds. The molecule has 136 valence electrons. The number of carbonyl (C=O) groups is 2. The topological polar surface area (TPSA) is 59.5 Å². The number of piperidine rings is 1. The van der Waals surface area contributed by atoms with Crippen LogP contribution in [0.5, 0.6) is 0 Å². The Hall–Kier alpha value is -2.43. The first-order chi connectivity index (χ1) is 12.6. The smallest absolute Gasteiger partial charge is 0.339 e. The maximum Gasteiger partial charge on any atom is 0.339 e. The summed E-state index contributed by atoms with van der Waals surface area (Å²) >= 11 is 0. The van der Waals surface area contributed by atoms with Crippen LogP contribution >= 0.6 is 0 Å². The van der Waals surface area contributed by atoms with Crippen LogP contribution in [0.3, 0.4) is 0 Å². The number of carbonyl (C=O) groups excluding carboxylic acids is 2. The lowest BCUT2D eigenvalue weighted by Gasteiger charge is -2.30. The third-order valence-electron chi connectivity index (χ3n) is 5.29. The second-order valence-corrected chi connectivity index (χ2v) is 7.55. The highest BCUT2D eigenvalue weighted by molar-refractivity contribution is 6.04. The molecule has 1 aromatic carbocycles. The average molecular weight is 352 g/mol. The SMILES string of the molecule is CC1CCCN(C(=O)COC(=O)c2cc(C3CC3)nc3ccccc23)C1. The lowest BCUT2D eigenvalue weighted by molar-refractivity contribution is -0.136. The molecule has 1 saturated heterocycles. The lowest BCUT2D eigenvalue weighted by Crippen LogP contribution is -2.41. The molecular formula is C21H24N2O3. The maximum absolute atomic E-state index is 12.7. The van der Waals surface area contributed by atoms with Gasteiger partial charge < -0.3 is 9.64 Å². The van der Waals surface area contributed by atoms with Gasteiger partial charge in [-0.2, -0.15) is 0 Å². The highest BCUT2D eigenvalue weighted by Gasteiger charge is 2.28. The minimum absolute atomic E-state index is 0.106. The number of ether oxygens (including phenoxy) is 1. The van der Waals surface area contributed by atoms with Crippen LogP contribution in [0.4, 0.5) is 0 Å². The van der Waals surface area contributed by atoms with Crippen molar-refractivity contribution in [1.29, 1.82) is 0 Å². The summed E-state index contributed by atoms with van der Waals surface area (Å²) in [4.78, 5) is 31.5. The van der Waals surface area contributed by atoms with Gasteiger partial charge in [0.15, 0.2) is 6.61 Å². The number of rotatable bonds is 4. The summed E-state index contributed by atoms with van der Waals surface area (Å²) in [6.45, 7) is 3.46. The van der Waals surface area contributed by atoms with E-state index < -0.39 is 5.97 Å². The fraction of sp³-hybridized carbons (Fsp3) is 0.476. The number of fused-ring (bicyclic) bond motifs is 1.